The van der Waals surface area contributed by atoms with E-state index in [4.69, 9.17) is 0 Å². The lowest BCUT2D eigenvalue weighted by Crippen LogP contribution is -1.93. The summed E-state index contributed by atoms with van der Waals surface area (Å²) in [6.45, 7) is 3.76. The maximum atomic E-state index is 9.98. The molecule has 2 heteroatoms. The maximum Gasteiger partial charge on any atom is 0.359 e. The fraction of sp³-hybridized carbons (Fsp3) is 0.571. The SMILES string of the molecule is C/C=C(\CC)CC([O])=O. The van der Waals surface area contributed by atoms with Crippen LogP contribution in [0, 0.1) is 0 Å². The van der Waals surface area contributed by atoms with Crippen molar-refractivity contribution in [1.29, 1.82) is 0 Å². The van der Waals surface area contributed by atoms with Gasteiger partial charge in [-0.25, -0.2) is 9.90 Å². The molecule has 0 bridgehead atoms. The van der Waals surface area contributed by atoms with Crippen molar-refractivity contribution >= 4 is 5.97 Å². The Morgan fingerprint density at radius 3 is 2.22 bits per heavy atom. The lowest BCUT2D eigenvalue weighted by atomic mass is 10.1. The van der Waals surface area contributed by atoms with Crippen molar-refractivity contribution in [3.63, 3.8) is 0 Å². The third kappa shape index (κ3) is 3.76. The Morgan fingerprint density at radius 1 is 1.56 bits per heavy atom. The van der Waals surface area contributed by atoms with E-state index in [-0.39, 0.29) is 6.42 Å². The number of hydrogen-bond acceptors (Lipinski definition) is 1. The molecule has 0 aliphatic carbocycles. The fourth-order valence-electron chi connectivity index (χ4n) is 0.617. The van der Waals surface area contributed by atoms with E-state index >= 15 is 0 Å². The molecule has 0 heterocycles. The Kier molecular flexibility index (Phi) is 3.76. The molecule has 0 rings (SSSR count). The summed E-state index contributed by atoms with van der Waals surface area (Å²) in [6.07, 6.45) is 2.69. The summed E-state index contributed by atoms with van der Waals surface area (Å²) < 4.78 is 0. The third-order valence-corrected chi connectivity index (χ3v) is 1.23. The number of carbonyl (C=O) groups excluding carboxylic acids is 1. The predicted molar refractivity (Wildman–Crippen MR) is 34.4 cm³/mol. The van der Waals surface area contributed by atoms with E-state index < -0.39 is 5.97 Å². The van der Waals surface area contributed by atoms with Crippen molar-refractivity contribution < 1.29 is 9.90 Å². The van der Waals surface area contributed by atoms with E-state index in [0.29, 0.717) is 0 Å². The molecule has 0 saturated carbocycles. The molecule has 0 amide bonds. The van der Waals surface area contributed by atoms with Crippen molar-refractivity contribution in [2.45, 2.75) is 26.7 Å². The van der Waals surface area contributed by atoms with Crippen molar-refractivity contribution in [2.75, 3.05) is 0 Å². The van der Waals surface area contributed by atoms with E-state index in [0.717, 1.165) is 12.0 Å². The van der Waals surface area contributed by atoms with Gasteiger partial charge >= 0.3 is 5.97 Å². The number of allylic oxidation sites excluding steroid dienone is 1. The zero-order valence-corrected chi connectivity index (χ0v) is 5.81. The van der Waals surface area contributed by atoms with Gasteiger partial charge < -0.3 is 0 Å². The average molecular weight is 127 g/mol. The van der Waals surface area contributed by atoms with Crippen LogP contribution in [0.5, 0.6) is 0 Å². The minimum absolute atomic E-state index is 0.0764. The lowest BCUT2D eigenvalue weighted by Gasteiger charge is -1.94. The van der Waals surface area contributed by atoms with Crippen LogP contribution >= 0.6 is 0 Å². The van der Waals surface area contributed by atoms with Crippen LogP contribution in [-0.2, 0) is 9.90 Å². The van der Waals surface area contributed by atoms with Crippen molar-refractivity contribution in [2.24, 2.45) is 0 Å². The van der Waals surface area contributed by atoms with Crippen molar-refractivity contribution in [3.05, 3.63) is 11.6 Å². The van der Waals surface area contributed by atoms with Crippen molar-refractivity contribution in [3.8, 4) is 0 Å². The Bertz CT molecular complexity index is 125. The molecule has 0 aliphatic rings. The van der Waals surface area contributed by atoms with Gasteiger partial charge in [0.05, 0.1) is 6.42 Å². The van der Waals surface area contributed by atoms with E-state index in [1.807, 2.05) is 19.9 Å². The van der Waals surface area contributed by atoms with E-state index in [2.05, 4.69) is 0 Å². The zero-order valence-electron chi connectivity index (χ0n) is 5.81. The molecule has 0 aromatic carbocycles. The van der Waals surface area contributed by atoms with Gasteiger partial charge in [-0.05, 0) is 13.3 Å². The van der Waals surface area contributed by atoms with Crippen LogP contribution in [0.25, 0.3) is 0 Å². The highest BCUT2D eigenvalue weighted by atomic mass is 16.4. The first-order chi connectivity index (χ1) is 4.20. The van der Waals surface area contributed by atoms with Gasteiger partial charge in [0, 0.05) is 0 Å². The molecular formula is C7H11O2. The summed E-state index contributed by atoms with van der Waals surface area (Å²) in [5, 5.41) is 9.98. The molecule has 9 heavy (non-hydrogen) atoms. The van der Waals surface area contributed by atoms with E-state index in [1.165, 1.54) is 0 Å². The monoisotopic (exact) mass is 127 g/mol. The Hall–Kier alpha value is -0.790. The highest BCUT2D eigenvalue weighted by Gasteiger charge is 2.00. The summed E-state index contributed by atoms with van der Waals surface area (Å²) in [7, 11) is 0. The zero-order chi connectivity index (χ0) is 7.28. The third-order valence-electron chi connectivity index (χ3n) is 1.23. The summed E-state index contributed by atoms with van der Waals surface area (Å²) in [5.74, 6) is -0.995. The summed E-state index contributed by atoms with van der Waals surface area (Å²) in [4.78, 5) is 9.98. The quantitative estimate of drug-likeness (QED) is 0.531. The van der Waals surface area contributed by atoms with Gasteiger partial charge in [0.2, 0.25) is 0 Å². The Balaban J connectivity index is 3.71. The van der Waals surface area contributed by atoms with Gasteiger partial charge in [-0.1, -0.05) is 18.6 Å². The molecule has 0 aromatic rings. The van der Waals surface area contributed by atoms with Crippen LogP contribution in [0.2, 0.25) is 0 Å². The minimum atomic E-state index is -0.995. The first kappa shape index (κ1) is 8.21. The maximum absolute atomic E-state index is 9.98. The predicted octanol–water partition coefficient (Wildman–Crippen LogP) is 1.69. The van der Waals surface area contributed by atoms with Gasteiger partial charge in [-0.2, -0.15) is 0 Å². The molecule has 0 N–H and O–H groups in total. The van der Waals surface area contributed by atoms with Gasteiger partial charge in [-0.3, -0.25) is 0 Å². The molecule has 0 saturated heterocycles. The van der Waals surface area contributed by atoms with Crippen LogP contribution < -0.4 is 0 Å². The molecule has 0 aromatic heterocycles. The van der Waals surface area contributed by atoms with Crippen LogP contribution in [0.4, 0.5) is 0 Å². The van der Waals surface area contributed by atoms with Gasteiger partial charge in [0.1, 0.15) is 0 Å². The molecule has 0 atom stereocenters. The number of hydrogen-bond donors (Lipinski definition) is 0. The molecule has 0 unspecified atom stereocenters. The average Bonchev–Trinajstić information content (AvgIpc) is 1.82. The Morgan fingerprint density at radius 2 is 2.11 bits per heavy atom. The van der Waals surface area contributed by atoms with Crippen LogP contribution in [-0.4, -0.2) is 5.97 Å². The molecule has 0 fully saturated rings. The second-order valence-electron chi connectivity index (χ2n) is 1.85. The lowest BCUT2D eigenvalue weighted by molar-refractivity contribution is -0.142. The van der Waals surface area contributed by atoms with E-state index in [9.17, 15) is 9.90 Å². The molecule has 0 aliphatic heterocycles. The van der Waals surface area contributed by atoms with Gasteiger partial charge in [0.25, 0.3) is 0 Å². The standard InChI is InChI=1S/C7H11O2/c1-3-6(4-2)5-7(8)9/h3H,4-5H2,1-2H3/b6-3+. The Labute approximate surface area is 55.2 Å². The highest BCUT2D eigenvalue weighted by Crippen LogP contribution is 2.04. The number of carbonyl (C=O) groups is 1. The topological polar surface area (TPSA) is 37.0 Å². The normalized spacial score (nSPS) is 11.6. The van der Waals surface area contributed by atoms with Crippen molar-refractivity contribution in [1.82, 2.24) is 0 Å². The minimum Gasteiger partial charge on any atom is -0.247 e. The molecule has 2 nitrogen and oxygen atoms in total. The molecule has 0 spiro atoms. The van der Waals surface area contributed by atoms with Gasteiger partial charge in [-0.15, -0.1) is 0 Å². The summed E-state index contributed by atoms with van der Waals surface area (Å²) >= 11 is 0. The molecule has 1 radical (unpaired) electrons. The molecule has 51 valence electrons. The number of rotatable bonds is 3. The second kappa shape index (κ2) is 4.13. The van der Waals surface area contributed by atoms with E-state index in [1.54, 1.807) is 0 Å². The fourth-order valence-corrected chi connectivity index (χ4v) is 0.617. The van der Waals surface area contributed by atoms with Crippen LogP contribution in [0.1, 0.15) is 26.7 Å². The summed E-state index contributed by atoms with van der Waals surface area (Å²) in [5.41, 5.74) is 0.926. The van der Waals surface area contributed by atoms with Gasteiger partial charge in [0.15, 0.2) is 0 Å². The smallest absolute Gasteiger partial charge is 0.247 e. The first-order valence-corrected chi connectivity index (χ1v) is 3.04. The summed E-state index contributed by atoms with van der Waals surface area (Å²) in [6, 6.07) is 0. The van der Waals surface area contributed by atoms with Crippen LogP contribution in [0.3, 0.4) is 0 Å². The van der Waals surface area contributed by atoms with Crippen LogP contribution in [0.15, 0.2) is 11.6 Å². The highest BCUT2D eigenvalue weighted by molar-refractivity contribution is 5.69. The largest absolute Gasteiger partial charge is 0.359 e. The first-order valence-electron chi connectivity index (χ1n) is 3.04. The second-order valence-corrected chi connectivity index (χ2v) is 1.85. The molecular weight excluding hydrogens is 116 g/mol.